The molecule has 0 aliphatic carbocycles. The van der Waals surface area contributed by atoms with Crippen molar-refractivity contribution >= 4 is 106 Å². The summed E-state index contributed by atoms with van der Waals surface area (Å²) in [7, 11) is 0. The van der Waals surface area contributed by atoms with Gasteiger partial charge in [-0.15, -0.1) is 0 Å². The monoisotopic (exact) mass is 1660 g/mol. The molecule has 0 bridgehead atoms. The van der Waals surface area contributed by atoms with Gasteiger partial charge in [0, 0.05) is 32.6 Å². The minimum atomic E-state index is -1.81. The zero-order valence-corrected chi connectivity index (χ0v) is 67.1. The van der Waals surface area contributed by atoms with Crippen molar-refractivity contribution in [1.82, 2.24) is 79.8 Å². The lowest BCUT2D eigenvalue weighted by Gasteiger charge is -2.27. The number of hydrogen-bond donors (Lipinski definition) is 27. The molecule has 2 aromatic carbocycles. The number of aliphatic imine (C=N–C) groups is 3. The van der Waals surface area contributed by atoms with Crippen LogP contribution in [0.25, 0.3) is 0 Å². The van der Waals surface area contributed by atoms with Gasteiger partial charge in [-0.2, -0.15) is 0 Å². The Balaban J connectivity index is 2.28. The van der Waals surface area contributed by atoms with Gasteiger partial charge < -0.3 is 147 Å². The minimum Gasteiger partial charge on any atom is -0.394 e. The van der Waals surface area contributed by atoms with Crippen LogP contribution in [0.3, 0.4) is 0 Å². The van der Waals surface area contributed by atoms with Crippen LogP contribution in [0.5, 0.6) is 0 Å². The molecule has 0 heterocycles. The number of nitrogens with zero attached hydrogens (tertiary/aromatic N) is 3. The Labute approximate surface area is 684 Å². The van der Waals surface area contributed by atoms with Crippen molar-refractivity contribution in [2.45, 2.75) is 203 Å². The molecule has 0 aliphatic rings. The molecule has 37 N–H and O–H groups in total. The van der Waals surface area contributed by atoms with Gasteiger partial charge in [0.2, 0.25) is 88.6 Å². The number of unbranched alkanes of at least 4 members (excludes halogenated alkanes) is 3. The van der Waals surface area contributed by atoms with Crippen molar-refractivity contribution in [2.24, 2.45) is 72.3 Å². The molecule has 658 valence electrons. The van der Waals surface area contributed by atoms with Gasteiger partial charge >= 0.3 is 0 Å². The normalized spacial score (nSPS) is 13.9. The second kappa shape index (κ2) is 58.0. The molecule has 45 nitrogen and oxygen atoms in total. The zero-order chi connectivity index (χ0) is 88.1. The Morgan fingerprint density at radius 2 is 0.669 bits per heavy atom. The number of rotatable bonds is 60. The highest BCUT2D eigenvalue weighted by Gasteiger charge is 2.36. The maximum atomic E-state index is 14.3. The maximum Gasteiger partial charge on any atom is 0.245 e. The fourth-order valence-electron chi connectivity index (χ4n) is 11.1. The molecule has 0 spiro atoms. The fourth-order valence-corrected chi connectivity index (χ4v) is 11.1. The Kier molecular flexibility index (Phi) is 50.2. The van der Waals surface area contributed by atoms with Gasteiger partial charge in [0.05, 0.1) is 38.9 Å². The van der Waals surface area contributed by atoms with Crippen molar-refractivity contribution in [3.8, 4) is 0 Å². The summed E-state index contributed by atoms with van der Waals surface area (Å²) < 4.78 is 0. The number of primary amides is 1. The molecular formula is C73H124N28O17. The SMILES string of the molecule is CC(NC(=O)CNC(=O)C(NC(=O)C(Cc1ccccc1)NC(=O)CNC(=O)CNC(=O)CNCc1ccccc1)C(C)O)C(=O)NC(CCCN=C(N)N)C(=O)NC(CCCCN)C(=O)NC(CO)C(=O)NC(C)C(=O)NC(CCCN=C(N)N)C(=O)NC(CCCCN)C(=O)NC(CCCN=C(N)N)C(=O)NC(CCCCN)C(N)=O. The van der Waals surface area contributed by atoms with E-state index in [1.165, 1.54) is 20.8 Å². The number of guanidine groups is 3. The van der Waals surface area contributed by atoms with E-state index < -0.39 is 187 Å². The van der Waals surface area contributed by atoms with Gasteiger partial charge in [0.25, 0.3) is 0 Å². The number of carbonyl (C=O) groups excluding carboxylic acids is 15. The van der Waals surface area contributed by atoms with E-state index in [1.54, 1.807) is 30.3 Å². The van der Waals surface area contributed by atoms with E-state index in [2.05, 4.69) is 94.7 Å². The summed E-state index contributed by atoms with van der Waals surface area (Å²) >= 11 is 0. The number of aliphatic hydroxyl groups excluding tert-OH is 2. The smallest absolute Gasteiger partial charge is 0.245 e. The third-order valence-corrected chi connectivity index (χ3v) is 17.6. The minimum absolute atomic E-state index is 0.0266. The Hall–Kier alpha value is -11.9. The highest BCUT2D eigenvalue weighted by molar-refractivity contribution is 6.00. The standard InChI is InChI=1S/C73H124N28O17/c1-42(91-57(106)40-90-70(118)59(44(3)103)101-68(116)53(35-45-19-6-4-7-20-45)93-58(107)39-89-56(105)38-88-55(104)37-84-36-46-21-8-5-9-22-46)61(109)95-50(26-16-32-85-71(78)79)65(113)98-49(25-12-15-31-76)67(115)100-54(41-102)69(117)92-43(2)62(110)96-51(27-17-33-86-72(80)81)66(114)97-48(24-11-14-30-75)64(112)99-52(28-18-34-87-73(82)83)63(111)94-47(60(77)108)23-10-13-29-74/h4-9,19-22,42-44,47-54,59,84,102-103H,10-18,23-41,74-76H2,1-3H3,(H2,77,108)(H,88,104)(H,89,105)(H,90,118)(H,91,106)(H,92,117)(H,93,107)(H,94,111)(H,95,109)(H,96,110)(H,97,114)(H,98,113)(H,99,112)(H,100,115)(H,101,116)(H4,78,79,85)(H4,80,81,86)(H4,82,83,87). The molecule has 2 rings (SSSR count). The Morgan fingerprint density at radius 1 is 0.339 bits per heavy atom. The number of benzene rings is 2. The van der Waals surface area contributed by atoms with Crippen molar-refractivity contribution in [2.75, 3.05) is 72.1 Å². The molecule has 0 aromatic heterocycles. The zero-order valence-electron chi connectivity index (χ0n) is 67.1. The summed E-state index contributed by atoms with van der Waals surface area (Å²) in [4.78, 5) is 216. The first kappa shape index (κ1) is 102. The molecule has 0 fully saturated rings. The largest absolute Gasteiger partial charge is 0.394 e. The molecule has 12 atom stereocenters. The molecule has 0 saturated carbocycles. The second-order valence-corrected chi connectivity index (χ2v) is 27.6. The average molecular weight is 1670 g/mol. The molecule has 0 radical (unpaired) electrons. The van der Waals surface area contributed by atoms with Crippen LogP contribution < -0.4 is 137 Å². The second-order valence-electron chi connectivity index (χ2n) is 27.6. The molecule has 12 unspecified atom stereocenters. The Bertz CT molecular complexity index is 3630. The summed E-state index contributed by atoms with van der Waals surface area (Å²) in [5, 5.41) is 58.7. The van der Waals surface area contributed by atoms with Crippen molar-refractivity contribution in [1.29, 1.82) is 0 Å². The van der Waals surface area contributed by atoms with Crippen molar-refractivity contribution in [3.63, 3.8) is 0 Å². The third kappa shape index (κ3) is 43.7. The van der Waals surface area contributed by atoms with E-state index in [0.717, 1.165) is 5.56 Å². The van der Waals surface area contributed by atoms with Crippen LogP contribution in [0.1, 0.15) is 128 Å². The van der Waals surface area contributed by atoms with Crippen LogP contribution in [0.4, 0.5) is 0 Å². The number of hydrogen-bond acceptors (Lipinski definition) is 24. The summed E-state index contributed by atoms with van der Waals surface area (Å²) in [5.41, 5.74) is 57.4. The topological polar surface area (TPSA) is 774 Å². The van der Waals surface area contributed by atoms with Crippen LogP contribution >= 0.6 is 0 Å². The van der Waals surface area contributed by atoms with Gasteiger partial charge in [-0.1, -0.05) is 60.7 Å². The number of aliphatic hydroxyl groups is 2. The third-order valence-electron chi connectivity index (χ3n) is 17.6. The number of nitrogens with one attached hydrogen (secondary N) is 15. The molecule has 45 heteroatoms. The number of carbonyl (C=O) groups is 15. The molecule has 0 aliphatic heterocycles. The maximum absolute atomic E-state index is 14.3. The lowest BCUT2D eigenvalue weighted by Crippen LogP contribution is -2.60. The van der Waals surface area contributed by atoms with Gasteiger partial charge in [0.15, 0.2) is 17.9 Å². The summed E-state index contributed by atoms with van der Waals surface area (Å²) in [6, 6.07) is 1.47. The van der Waals surface area contributed by atoms with Gasteiger partial charge in [-0.3, -0.25) is 86.9 Å². The van der Waals surface area contributed by atoms with Crippen LogP contribution in [0.15, 0.2) is 75.6 Å². The molecule has 118 heavy (non-hydrogen) atoms. The first-order valence-electron chi connectivity index (χ1n) is 38.9. The van der Waals surface area contributed by atoms with Crippen molar-refractivity contribution < 1.29 is 82.1 Å². The van der Waals surface area contributed by atoms with E-state index in [9.17, 15) is 82.1 Å². The van der Waals surface area contributed by atoms with Crippen LogP contribution in [-0.4, -0.2) is 261 Å². The summed E-state index contributed by atoms with van der Waals surface area (Å²) in [5.74, 6) is -14.3. The quantitative estimate of drug-likeness (QED) is 0.0166. The number of amides is 15. The van der Waals surface area contributed by atoms with E-state index in [-0.39, 0.29) is 134 Å². The first-order valence-corrected chi connectivity index (χ1v) is 38.9. The molecular weight excluding hydrogens is 1540 g/mol. The van der Waals surface area contributed by atoms with Crippen LogP contribution in [0.2, 0.25) is 0 Å². The molecule has 15 amide bonds. The van der Waals surface area contributed by atoms with E-state index in [4.69, 9.17) is 57.3 Å². The highest BCUT2D eigenvalue weighted by atomic mass is 16.3. The Morgan fingerprint density at radius 3 is 1.07 bits per heavy atom. The van der Waals surface area contributed by atoms with Gasteiger partial charge in [-0.05, 0) is 148 Å². The van der Waals surface area contributed by atoms with E-state index in [0.29, 0.717) is 44.3 Å². The predicted molar refractivity (Wildman–Crippen MR) is 436 cm³/mol. The lowest BCUT2D eigenvalue weighted by atomic mass is 10.0. The fraction of sp³-hybridized carbons (Fsp3) is 0.589. The number of nitrogens with two attached hydrogens (primary N) is 10. The molecule has 2 aromatic rings. The highest BCUT2D eigenvalue weighted by Crippen LogP contribution is 2.12. The van der Waals surface area contributed by atoms with Crippen molar-refractivity contribution in [3.05, 3.63) is 71.8 Å². The first-order chi connectivity index (χ1) is 56.1. The van der Waals surface area contributed by atoms with E-state index in [1.807, 2.05) is 30.3 Å². The van der Waals surface area contributed by atoms with Crippen LogP contribution in [0, 0.1) is 0 Å². The average Bonchev–Trinajstić information content (AvgIpc) is 0.866. The predicted octanol–water partition coefficient (Wildman–Crippen LogP) is -10.9. The molecule has 0 saturated heterocycles. The summed E-state index contributed by atoms with van der Waals surface area (Å²) in [6.45, 7) is 1.53. The van der Waals surface area contributed by atoms with Gasteiger partial charge in [0.1, 0.15) is 66.5 Å². The lowest BCUT2D eigenvalue weighted by molar-refractivity contribution is -0.136. The van der Waals surface area contributed by atoms with E-state index >= 15 is 0 Å². The van der Waals surface area contributed by atoms with Gasteiger partial charge in [-0.25, -0.2) is 0 Å². The van der Waals surface area contributed by atoms with Crippen LogP contribution in [-0.2, 0) is 84.9 Å². The summed E-state index contributed by atoms with van der Waals surface area (Å²) in [6.07, 6.45) is 0.312.